The van der Waals surface area contributed by atoms with Gasteiger partial charge in [-0.05, 0) is 42.6 Å². The van der Waals surface area contributed by atoms with E-state index in [9.17, 15) is 9.18 Å². The first-order valence-electron chi connectivity index (χ1n) is 9.76. The van der Waals surface area contributed by atoms with Gasteiger partial charge in [-0.15, -0.1) is 0 Å². The number of amides is 1. The number of carbonyl (C=O) groups excluding carboxylic acids is 1. The van der Waals surface area contributed by atoms with E-state index in [0.29, 0.717) is 18.9 Å². The van der Waals surface area contributed by atoms with Crippen LogP contribution in [0.4, 0.5) is 4.39 Å². The standard InChI is InChI=1S/C21H29FN4O/c1-17(2)20-16-24(11-4-13-25-12-3-10-23-25)14-9-21(27)26(20)15-18-5-7-19(22)8-6-18/h3,5-8,10,12,17,20H,4,9,11,13-16H2,1-2H3/t20-/m1/s1. The van der Waals surface area contributed by atoms with Crippen molar-refractivity contribution in [3.63, 3.8) is 0 Å². The molecule has 2 aromatic rings. The molecule has 1 saturated heterocycles. The van der Waals surface area contributed by atoms with E-state index < -0.39 is 0 Å². The third-order valence-electron chi connectivity index (χ3n) is 5.26. The first-order chi connectivity index (χ1) is 13.0. The molecular formula is C21H29FN4O. The number of hydrogen-bond donors (Lipinski definition) is 0. The SMILES string of the molecule is CC(C)[C@H]1CN(CCCn2cccn2)CCC(=O)N1Cc1ccc(F)cc1. The molecule has 6 heteroatoms. The molecule has 1 aromatic heterocycles. The molecule has 1 fully saturated rings. The molecule has 1 aliphatic rings. The summed E-state index contributed by atoms with van der Waals surface area (Å²) in [5.41, 5.74) is 0.975. The minimum atomic E-state index is -0.246. The van der Waals surface area contributed by atoms with Crippen molar-refractivity contribution in [1.29, 1.82) is 0 Å². The molecule has 0 saturated carbocycles. The molecule has 1 amide bonds. The van der Waals surface area contributed by atoms with Gasteiger partial charge in [0.1, 0.15) is 5.82 Å². The van der Waals surface area contributed by atoms with E-state index in [1.807, 2.05) is 21.8 Å². The molecule has 1 aliphatic heterocycles. The minimum Gasteiger partial charge on any atom is -0.334 e. The van der Waals surface area contributed by atoms with Gasteiger partial charge in [-0.25, -0.2) is 4.39 Å². The minimum absolute atomic E-state index is 0.162. The lowest BCUT2D eigenvalue weighted by Crippen LogP contribution is -2.46. The van der Waals surface area contributed by atoms with Crippen LogP contribution in [0.1, 0.15) is 32.3 Å². The van der Waals surface area contributed by atoms with Gasteiger partial charge in [0.2, 0.25) is 5.91 Å². The number of nitrogens with zero attached hydrogens (tertiary/aromatic N) is 4. The number of halogens is 1. The van der Waals surface area contributed by atoms with Crippen LogP contribution in [-0.2, 0) is 17.9 Å². The zero-order valence-corrected chi connectivity index (χ0v) is 16.2. The third-order valence-corrected chi connectivity index (χ3v) is 5.26. The van der Waals surface area contributed by atoms with Crippen molar-refractivity contribution >= 4 is 5.91 Å². The fourth-order valence-corrected chi connectivity index (χ4v) is 3.69. The fraction of sp³-hybridized carbons (Fsp3) is 0.524. The van der Waals surface area contributed by atoms with Crippen LogP contribution in [0.25, 0.3) is 0 Å². The molecule has 0 N–H and O–H groups in total. The van der Waals surface area contributed by atoms with E-state index in [-0.39, 0.29) is 17.8 Å². The summed E-state index contributed by atoms with van der Waals surface area (Å²) >= 11 is 0. The topological polar surface area (TPSA) is 41.4 Å². The Kier molecular flexibility index (Phi) is 6.61. The molecule has 1 aromatic carbocycles. The zero-order valence-electron chi connectivity index (χ0n) is 16.2. The summed E-state index contributed by atoms with van der Waals surface area (Å²) in [5.74, 6) is 0.304. The highest BCUT2D eigenvalue weighted by molar-refractivity contribution is 5.77. The van der Waals surface area contributed by atoms with Crippen LogP contribution >= 0.6 is 0 Å². The second kappa shape index (κ2) is 9.13. The highest BCUT2D eigenvalue weighted by Crippen LogP contribution is 2.21. The van der Waals surface area contributed by atoms with Gasteiger partial charge in [-0.2, -0.15) is 5.10 Å². The van der Waals surface area contributed by atoms with Crippen LogP contribution in [-0.4, -0.2) is 51.2 Å². The van der Waals surface area contributed by atoms with Crippen LogP contribution in [0.5, 0.6) is 0 Å². The summed E-state index contributed by atoms with van der Waals surface area (Å²) in [6.07, 6.45) is 5.32. The largest absolute Gasteiger partial charge is 0.334 e. The predicted molar refractivity (Wildman–Crippen MR) is 103 cm³/mol. The fourth-order valence-electron chi connectivity index (χ4n) is 3.69. The molecule has 0 unspecified atom stereocenters. The Morgan fingerprint density at radius 3 is 2.67 bits per heavy atom. The average Bonchev–Trinajstić information content (AvgIpc) is 3.11. The van der Waals surface area contributed by atoms with E-state index >= 15 is 0 Å². The lowest BCUT2D eigenvalue weighted by molar-refractivity contribution is -0.134. The van der Waals surface area contributed by atoms with Crippen molar-refractivity contribution in [2.24, 2.45) is 5.92 Å². The second-order valence-electron chi connectivity index (χ2n) is 7.63. The quantitative estimate of drug-likeness (QED) is 0.750. The Morgan fingerprint density at radius 1 is 1.22 bits per heavy atom. The maximum Gasteiger partial charge on any atom is 0.224 e. The lowest BCUT2D eigenvalue weighted by atomic mass is 10.0. The molecule has 2 heterocycles. The number of benzene rings is 1. The molecule has 0 spiro atoms. The number of aromatic nitrogens is 2. The van der Waals surface area contributed by atoms with E-state index in [4.69, 9.17) is 0 Å². The smallest absolute Gasteiger partial charge is 0.224 e. The summed E-state index contributed by atoms with van der Waals surface area (Å²) in [7, 11) is 0. The van der Waals surface area contributed by atoms with Crippen molar-refractivity contribution in [2.75, 3.05) is 19.6 Å². The maximum atomic E-state index is 13.2. The summed E-state index contributed by atoms with van der Waals surface area (Å²) in [6.45, 7) is 8.41. The number of rotatable bonds is 7. The number of aryl methyl sites for hydroxylation is 1. The number of carbonyl (C=O) groups is 1. The van der Waals surface area contributed by atoms with Crippen LogP contribution in [0, 0.1) is 11.7 Å². The molecule has 0 bridgehead atoms. The van der Waals surface area contributed by atoms with Gasteiger partial charge in [-0.3, -0.25) is 9.48 Å². The molecule has 5 nitrogen and oxygen atoms in total. The summed E-state index contributed by atoms with van der Waals surface area (Å²) in [6, 6.07) is 8.56. The van der Waals surface area contributed by atoms with Crippen molar-refractivity contribution in [3.8, 4) is 0 Å². The zero-order chi connectivity index (χ0) is 19.2. The Morgan fingerprint density at radius 2 is 2.00 bits per heavy atom. The van der Waals surface area contributed by atoms with Crippen molar-refractivity contribution in [1.82, 2.24) is 19.6 Å². The van der Waals surface area contributed by atoms with Gasteiger partial charge in [-0.1, -0.05) is 26.0 Å². The lowest BCUT2D eigenvalue weighted by Gasteiger charge is -2.35. The highest BCUT2D eigenvalue weighted by atomic mass is 19.1. The molecule has 0 aliphatic carbocycles. The molecule has 27 heavy (non-hydrogen) atoms. The molecule has 3 rings (SSSR count). The third kappa shape index (κ3) is 5.39. The van der Waals surface area contributed by atoms with Crippen molar-refractivity contribution < 1.29 is 9.18 Å². The van der Waals surface area contributed by atoms with Gasteiger partial charge < -0.3 is 9.80 Å². The first kappa shape index (κ1) is 19.5. The summed E-state index contributed by atoms with van der Waals surface area (Å²) < 4.78 is 15.1. The summed E-state index contributed by atoms with van der Waals surface area (Å²) in [5, 5.41) is 4.25. The van der Waals surface area contributed by atoms with Gasteiger partial charge in [0.25, 0.3) is 0 Å². The van der Waals surface area contributed by atoms with Crippen molar-refractivity contribution in [2.45, 2.75) is 45.8 Å². The number of hydrogen-bond acceptors (Lipinski definition) is 3. The van der Waals surface area contributed by atoms with Gasteiger partial charge in [0.15, 0.2) is 0 Å². The van der Waals surface area contributed by atoms with Crippen LogP contribution < -0.4 is 0 Å². The van der Waals surface area contributed by atoms with Gasteiger partial charge in [0, 0.05) is 51.0 Å². The molecular weight excluding hydrogens is 343 g/mol. The predicted octanol–water partition coefficient (Wildman–Crippen LogP) is 3.17. The van der Waals surface area contributed by atoms with Crippen LogP contribution in [0.3, 0.4) is 0 Å². The van der Waals surface area contributed by atoms with E-state index in [0.717, 1.165) is 38.2 Å². The highest BCUT2D eigenvalue weighted by Gasteiger charge is 2.31. The van der Waals surface area contributed by atoms with Gasteiger partial charge in [0.05, 0.1) is 0 Å². The molecule has 1 atom stereocenters. The Labute approximate surface area is 160 Å². The monoisotopic (exact) mass is 372 g/mol. The second-order valence-corrected chi connectivity index (χ2v) is 7.63. The van der Waals surface area contributed by atoms with E-state index in [1.54, 1.807) is 18.3 Å². The van der Waals surface area contributed by atoms with Crippen LogP contribution in [0.2, 0.25) is 0 Å². The molecule has 146 valence electrons. The Balaban J connectivity index is 1.63. The Hall–Kier alpha value is -2.21. The van der Waals surface area contributed by atoms with Crippen molar-refractivity contribution in [3.05, 3.63) is 54.1 Å². The summed E-state index contributed by atoms with van der Waals surface area (Å²) in [4.78, 5) is 17.2. The maximum absolute atomic E-state index is 13.2. The average molecular weight is 372 g/mol. The Bertz CT molecular complexity index is 714. The first-order valence-corrected chi connectivity index (χ1v) is 9.76. The van der Waals surface area contributed by atoms with Crippen LogP contribution in [0.15, 0.2) is 42.7 Å². The van der Waals surface area contributed by atoms with E-state index in [1.165, 1.54) is 12.1 Å². The molecule has 0 radical (unpaired) electrons. The van der Waals surface area contributed by atoms with E-state index in [2.05, 4.69) is 23.8 Å². The normalized spacial score (nSPS) is 18.9. The van der Waals surface area contributed by atoms with Gasteiger partial charge >= 0.3 is 0 Å².